The van der Waals surface area contributed by atoms with E-state index < -0.39 is 4.92 Å². The Kier molecular flexibility index (Phi) is 3.62. The van der Waals surface area contributed by atoms with Gasteiger partial charge in [-0.2, -0.15) is 0 Å². The lowest BCUT2D eigenvalue weighted by Gasteiger charge is -2.59. The summed E-state index contributed by atoms with van der Waals surface area (Å²) in [6.07, 6.45) is 0. The van der Waals surface area contributed by atoms with Crippen LogP contribution in [0.3, 0.4) is 0 Å². The number of carbonyl (C=O) groups is 1. The van der Waals surface area contributed by atoms with Crippen molar-refractivity contribution >= 4 is 17.3 Å². The molecule has 0 atom stereocenters. The van der Waals surface area contributed by atoms with Gasteiger partial charge in [-0.25, -0.2) is 0 Å². The van der Waals surface area contributed by atoms with Gasteiger partial charge in [-0.15, -0.1) is 0 Å². The zero-order valence-electron chi connectivity index (χ0n) is 12.9. The molecule has 1 aromatic rings. The van der Waals surface area contributed by atoms with Crippen LogP contribution in [0.2, 0.25) is 0 Å². The molecule has 0 bridgehead atoms. The minimum Gasteiger partial charge on any atom is -0.314 e. The lowest BCUT2D eigenvalue weighted by Crippen LogP contribution is -2.71. The molecule has 2 fully saturated rings. The van der Waals surface area contributed by atoms with Crippen molar-refractivity contribution in [2.45, 2.75) is 0 Å². The van der Waals surface area contributed by atoms with E-state index in [0.29, 0.717) is 17.6 Å². The average molecular weight is 304 g/mol. The Balaban J connectivity index is 1.53. The van der Waals surface area contributed by atoms with Gasteiger partial charge < -0.3 is 9.80 Å². The van der Waals surface area contributed by atoms with Crippen LogP contribution in [0, 0.1) is 15.5 Å². The molecular weight excluding hydrogens is 284 g/mol. The number of likely N-dealkylation sites (tertiary alicyclic amines) is 2. The summed E-state index contributed by atoms with van der Waals surface area (Å²) in [5.74, 6) is 0.0105. The van der Waals surface area contributed by atoms with Crippen LogP contribution >= 0.6 is 0 Å². The molecule has 3 rings (SSSR count). The average Bonchev–Trinajstić information content (AvgIpc) is 2.42. The van der Waals surface area contributed by atoms with Crippen LogP contribution in [0.5, 0.6) is 0 Å². The Morgan fingerprint density at radius 3 is 2.36 bits per heavy atom. The molecule has 2 aliphatic heterocycles. The number of anilines is 1. The van der Waals surface area contributed by atoms with Crippen LogP contribution < -0.4 is 4.90 Å². The zero-order chi connectivity index (χ0) is 15.9. The number of hydrogen-bond donors (Lipinski definition) is 0. The molecule has 22 heavy (non-hydrogen) atoms. The maximum Gasteiger partial charge on any atom is 0.269 e. The summed E-state index contributed by atoms with van der Waals surface area (Å²) in [7, 11) is 3.82. The maximum absolute atomic E-state index is 12.3. The largest absolute Gasteiger partial charge is 0.314 e. The molecule has 0 aromatic heterocycles. The summed E-state index contributed by atoms with van der Waals surface area (Å²) < 4.78 is 0. The number of hydrogen-bond acceptors (Lipinski definition) is 5. The number of amides is 1. The summed E-state index contributed by atoms with van der Waals surface area (Å²) >= 11 is 0. The third-order valence-corrected chi connectivity index (χ3v) is 4.51. The van der Waals surface area contributed by atoms with E-state index in [1.807, 2.05) is 0 Å². The predicted octanol–water partition coefficient (Wildman–Crippen LogP) is 0.805. The van der Waals surface area contributed by atoms with Crippen molar-refractivity contribution in [3.63, 3.8) is 0 Å². The summed E-state index contributed by atoms with van der Waals surface area (Å²) in [5.41, 5.74) is 1.12. The van der Waals surface area contributed by atoms with Crippen LogP contribution in [-0.4, -0.2) is 67.4 Å². The first-order valence-electron chi connectivity index (χ1n) is 7.30. The molecule has 1 aromatic carbocycles. The van der Waals surface area contributed by atoms with Crippen molar-refractivity contribution in [1.29, 1.82) is 0 Å². The molecule has 2 heterocycles. The van der Waals surface area contributed by atoms with E-state index in [1.165, 1.54) is 12.1 Å². The van der Waals surface area contributed by atoms with Gasteiger partial charge in [-0.3, -0.25) is 19.8 Å². The molecule has 7 nitrogen and oxygen atoms in total. The molecule has 0 radical (unpaired) electrons. The van der Waals surface area contributed by atoms with Gasteiger partial charge in [0.15, 0.2) is 0 Å². The van der Waals surface area contributed by atoms with Crippen molar-refractivity contribution in [2.75, 3.05) is 51.7 Å². The number of carbonyl (C=O) groups excluding carboxylic acids is 1. The van der Waals surface area contributed by atoms with Crippen molar-refractivity contribution < 1.29 is 9.72 Å². The monoisotopic (exact) mass is 304 g/mol. The van der Waals surface area contributed by atoms with Gasteiger partial charge in [0.2, 0.25) is 5.91 Å². The van der Waals surface area contributed by atoms with Gasteiger partial charge >= 0.3 is 0 Å². The fourth-order valence-corrected chi connectivity index (χ4v) is 3.55. The van der Waals surface area contributed by atoms with Gasteiger partial charge in [0.25, 0.3) is 5.69 Å². The lowest BCUT2D eigenvalue weighted by atomic mass is 9.73. The van der Waals surface area contributed by atoms with Gasteiger partial charge in [0.05, 0.1) is 11.5 Å². The number of likely N-dealkylation sites (N-methyl/N-ethyl adjacent to an activating group) is 1. The van der Waals surface area contributed by atoms with Gasteiger partial charge in [-0.05, 0) is 19.2 Å². The minimum absolute atomic E-state index is 0.0105. The maximum atomic E-state index is 12.3. The highest BCUT2D eigenvalue weighted by atomic mass is 16.6. The van der Waals surface area contributed by atoms with Crippen molar-refractivity contribution in [2.24, 2.45) is 5.41 Å². The Morgan fingerprint density at radius 2 is 1.86 bits per heavy atom. The molecule has 0 aliphatic carbocycles. The molecule has 0 saturated carbocycles. The summed E-state index contributed by atoms with van der Waals surface area (Å²) in [6.45, 7) is 4.61. The van der Waals surface area contributed by atoms with E-state index in [0.717, 1.165) is 26.2 Å². The second kappa shape index (κ2) is 5.33. The van der Waals surface area contributed by atoms with Crippen LogP contribution in [-0.2, 0) is 4.79 Å². The molecule has 2 aliphatic rings. The number of nitrogens with zero attached hydrogens (tertiary/aromatic N) is 4. The quantitative estimate of drug-likeness (QED) is 0.608. The van der Waals surface area contributed by atoms with E-state index in [9.17, 15) is 14.9 Å². The van der Waals surface area contributed by atoms with Crippen molar-refractivity contribution in [1.82, 2.24) is 9.80 Å². The minimum atomic E-state index is -0.444. The molecule has 0 N–H and O–H groups in total. The molecule has 0 unspecified atom stereocenters. The fraction of sp³-hybridized carbons (Fsp3) is 0.533. The Morgan fingerprint density at radius 1 is 1.27 bits per heavy atom. The van der Waals surface area contributed by atoms with Gasteiger partial charge in [-0.1, -0.05) is 0 Å². The third-order valence-electron chi connectivity index (χ3n) is 4.51. The van der Waals surface area contributed by atoms with E-state index in [4.69, 9.17) is 0 Å². The Labute approximate surface area is 129 Å². The predicted molar refractivity (Wildman–Crippen MR) is 82.9 cm³/mol. The third kappa shape index (κ3) is 2.69. The van der Waals surface area contributed by atoms with E-state index in [-0.39, 0.29) is 11.6 Å². The highest BCUT2D eigenvalue weighted by Crippen LogP contribution is 2.38. The second-order valence-corrected chi connectivity index (χ2v) is 6.54. The molecule has 118 valence electrons. The first-order valence-corrected chi connectivity index (χ1v) is 7.30. The van der Waals surface area contributed by atoms with Gasteiger partial charge in [0, 0.05) is 56.5 Å². The normalized spacial score (nSPS) is 20.3. The van der Waals surface area contributed by atoms with Crippen LogP contribution in [0.25, 0.3) is 0 Å². The van der Waals surface area contributed by atoms with Crippen molar-refractivity contribution in [3.05, 3.63) is 34.4 Å². The first kappa shape index (κ1) is 14.9. The SMILES string of the molecule is CN1CC2(C1)CN(CC(=O)N(C)c1ccc([N+](=O)[O-])cc1)C2. The molecule has 2 saturated heterocycles. The summed E-state index contributed by atoms with van der Waals surface area (Å²) in [6, 6.07) is 6.05. The molecule has 1 amide bonds. The molecule has 7 heteroatoms. The summed E-state index contributed by atoms with van der Waals surface area (Å²) in [5, 5.41) is 10.6. The smallest absolute Gasteiger partial charge is 0.269 e. The topological polar surface area (TPSA) is 69.9 Å². The number of rotatable bonds is 4. The number of nitro groups is 1. The zero-order valence-corrected chi connectivity index (χ0v) is 12.9. The van der Waals surface area contributed by atoms with E-state index >= 15 is 0 Å². The Hall–Kier alpha value is -1.99. The molecule has 1 spiro atoms. The van der Waals surface area contributed by atoms with Crippen LogP contribution in [0.1, 0.15) is 0 Å². The first-order chi connectivity index (χ1) is 10.4. The van der Waals surface area contributed by atoms with Crippen LogP contribution in [0.4, 0.5) is 11.4 Å². The van der Waals surface area contributed by atoms with E-state index in [1.54, 1.807) is 24.1 Å². The number of non-ortho nitro benzene ring substituents is 1. The highest BCUT2D eigenvalue weighted by Gasteiger charge is 2.50. The number of benzene rings is 1. The van der Waals surface area contributed by atoms with Crippen molar-refractivity contribution in [3.8, 4) is 0 Å². The highest BCUT2D eigenvalue weighted by molar-refractivity contribution is 5.94. The Bertz CT molecular complexity index is 587. The second-order valence-electron chi connectivity index (χ2n) is 6.54. The van der Waals surface area contributed by atoms with Crippen LogP contribution in [0.15, 0.2) is 24.3 Å². The number of nitro benzene ring substituents is 1. The summed E-state index contributed by atoms with van der Waals surface area (Å²) in [4.78, 5) is 28.5. The molecular formula is C15H20N4O3. The standard InChI is InChI=1S/C15H20N4O3/c1-16-8-15(9-16)10-18(11-15)7-14(20)17(2)12-3-5-13(6-4-12)19(21)22/h3-6H,7-11H2,1-2H3. The fourth-order valence-electron chi connectivity index (χ4n) is 3.55. The lowest BCUT2D eigenvalue weighted by molar-refractivity contribution is -0.384. The van der Waals surface area contributed by atoms with Gasteiger partial charge in [0.1, 0.15) is 0 Å². The van der Waals surface area contributed by atoms with E-state index in [2.05, 4.69) is 16.8 Å².